The van der Waals surface area contributed by atoms with Crippen molar-refractivity contribution in [3.05, 3.63) is 94.8 Å². The van der Waals surface area contributed by atoms with E-state index in [-0.39, 0.29) is 31.0 Å². The zero-order valence-corrected chi connectivity index (χ0v) is 20.4. The van der Waals surface area contributed by atoms with E-state index < -0.39 is 5.41 Å². The third-order valence-electron chi connectivity index (χ3n) is 5.73. The van der Waals surface area contributed by atoms with Gasteiger partial charge in [-0.3, -0.25) is 4.79 Å². The van der Waals surface area contributed by atoms with Gasteiger partial charge in [-0.2, -0.15) is 0 Å². The lowest BCUT2D eigenvalue weighted by Gasteiger charge is -2.30. The van der Waals surface area contributed by atoms with Crippen LogP contribution >= 0.6 is 11.6 Å². The van der Waals surface area contributed by atoms with E-state index in [2.05, 4.69) is 0 Å². The van der Waals surface area contributed by atoms with Gasteiger partial charge in [0.05, 0.1) is 12.0 Å². The molecule has 3 rings (SSSR count). The SMILES string of the molecule is CCOC[C@](C)(CC(N)Cc1ccc(-c2cc(Cl)ccc2F)cc1)C(=O)OCc1ccccc1. The minimum Gasteiger partial charge on any atom is -0.460 e. The summed E-state index contributed by atoms with van der Waals surface area (Å²) in [4.78, 5) is 13.0. The number of nitrogens with two attached hydrogens (primary N) is 1. The second-order valence-corrected chi connectivity index (χ2v) is 9.19. The van der Waals surface area contributed by atoms with Crippen LogP contribution in [0.3, 0.4) is 0 Å². The molecule has 0 aromatic heterocycles. The molecule has 180 valence electrons. The van der Waals surface area contributed by atoms with Gasteiger partial charge in [0.2, 0.25) is 0 Å². The fourth-order valence-electron chi connectivity index (χ4n) is 3.92. The summed E-state index contributed by atoms with van der Waals surface area (Å²) in [6, 6.07) is 21.3. The van der Waals surface area contributed by atoms with E-state index in [1.807, 2.05) is 68.4 Å². The van der Waals surface area contributed by atoms with Crippen LogP contribution in [0.25, 0.3) is 11.1 Å². The molecule has 0 saturated carbocycles. The smallest absolute Gasteiger partial charge is 0.314 e. The van der Waals surface area contributed by atoms with Crippen LogP contribution < -0.4 is 5.73 Å². The standard InChI is InChI=1S/C28H31ClFNO3/c1-3-33-19-28(2,27(32)34-18-21-7-5-4-6-8-21)17-24(31)15-20-9-11-22(12-10-20)25-16-23(29)13-14-26(25)30/h4-14,16,24H,3,15,17-19,31H2,1-2H3/t24?,28-/m0/s1. The number of halogens is 2. The fourth-order valence-corrected chi connectivity index (χ4v) is 4.09. The third-order valence-corrected chi connectivity index (χ3v) is 5.97. The van der Waals surface area contributed by atoms with E-state index in [0.717, 1.165) is 16.7 Å². The summed E-state index contributed by atoms with van der Waals surface area (Å²) < 4.78 is 25.4. The Hall–Kier alpha value is -2.73. The lowest BCUT2D eigenvalue weighted by molar-refractivity contribution is -0.161. The maximum Gasteiger partial charge on any atom is 0.314 e. The Kier molecular flexibility index (Phi) is 9.22. The highest BCUT2D eigenvalue weighted by Gasteiger charge is 2.37. The van der Waals surface area contributed by atoms with Gasteiger partial charge in [0.1, 0.15) is 12.4 Å². The number of esters is 1. The van der Waals surface area contributed by atoms with Gasteiger partial charge in [-0.05, 0) is 61.6 Å². The zero-order chi connectivity index (χ0) is 24.6. The summed E-state index contributed by atoms with van der Waals surface area (Å²) in [5.41, 5.74) is 8.71. The van der Waals surface area contributed by atoms with Crippen molar-refractivity contribution in [2.75, 3.05) is 13.2 Å². The topological polar surface area (TPSA) is 61.5 Å². The van der Waals surface area contributed by atoms with Gasteiger partial charge in [-0.15, -0.1) is 0 Å². The number of carbonyl (C=O) groups excluding carboxylic acids is 1. The summed E-state index contributed by atoms with van der Waals surface area (Å²) in [7, 11) is 0. The van der Waals surface area contributed by atoms with Crippen LogP contribution in [0.15, 0.2) is 72.8 Å². The number of hydrogen-bond acceptors (Lipinski definition) is 4. The van der Waals surface area contributed by atoms with Crippen LogP contribution in [0.4, 0.5) is 4.39 Å². The van der Waals surface area contributed by atoms with Crippen molar-refractivity contribution in [2.24, 2.45) is 11.1 Å². The van der Waals surface area contributed by atoms with Gasteiger partial charge >= 0.3 is 5.97 Å². The molecule has 2 atom stereocenters. The van der Waals surface area contributed by atoms with Crippen LogP contribution in [0.5, 0.6) is 0 Å². The van der Waals surface area contributed by atoms with Crippen molar-refractivity contribution in [3.8, 4) is 11.1 Å². The number of ether oxygens (including phenoxy) is 2. The van der Waals surface area contributed by atoms with Crippen LogP contribution in [0.1, 0.15) is 31.4 Å². The average molecular weight is 484 g/mol. The molecule has 0 bridgehead atoms. The summed E-state index contributed by atoms with van der Waals surface area (Å²) in [5, 5.41) is 0.482. The first kappa shape index (κ1) is 25.9. The van der Waals surface area contributed by atoms with Crippen molar-refractivity contribution in [2.45, 2.75) is 39.3 Å². The molecule has 0 spiro atoms. The summed E-state index contributed by atoms with van der Waals surface area (Å²) >= 11 is 6.02. The highest BCUT2D eigenvalue weighted by Crippen LogP contribution is 2.29. The lowest BCUT2D eigenvalue weighted by atomic mass is 9.82. The Morgan fingerprint density at radius 3 is 2.44 bits per heavy atom. The van der Waals surface area contributed by atoms with Crippen LogP contribution in [-0.2, 0) is 27.3 Å². The highest BCUT2D eigenvalue weighted by atomic mass is 35.5. The normalized spacial score (nSPS) is 13.8. The van der Waals surface area contributed by atoms with E-state index in [1.54, 1.807) is 6.07 Å². The molecule has 3 aromatic carbocycles. The summed E-state index contributed by atoms with van der Waals surface area (Å²) in [6.07, 6.45) is 0.970. The van der Waals surface area contributed by atoms with Gasteiger partial charge in [0.15, 0.2) is 0 Å². The van der Waals surface area contributed by atoms with Gasteiger partial charge in [0, 0.05) is 23.2 Å². The van der Waals surface area contributed by atoms with Crippen molar-refractivity contribution >= 4 is 17.6 Å². The second-order valence-electron chi connectivity index (χ2n) is 8.75. The molecule has 34 heavy (non-hydrogen) atoms. The fraction of sp³-hybridized carbons (Fsp3) is 0.321. The van der Waals surface area contributed by atoms with Crippen LogP contribution in [0, 0.1) is 11.2 Å². The Labute approximate surface area is 205 Å². The van der Waals surface area contributed by atoms with Gasteiger partial charge in [-0.25, -0.2) is 4.39 Å². The molecule has 4 nitrogen and oxygen atoms in total. The highest BCUT2D eigenvalue weighted by molar-refractivity contribution is 6.30. The van der Waals surface area contributed by atoms with Crippen LogP contribution in [-0.4, -0.2) is 25.2 Å². The molecule has 0 heterocycles. The summed E-state index contributed by atoms with van der Waals surface area (Å²) in [5.74, 6) is -0.651. The van der Waals surface area contributed by atoms with Crippen molar-refractivity contribution in [1.82, 2.24) is 0 Å². The van der Waals surface area contributed by atoms with Crippen molar-refractivity contribution in [3.63, 3.8) is 0 Å². The van der Waals surface area contributed by atoms with Gasteiger partial charge < -0.3 is 15.2 Å². The molecule has 0 radical (unpaired) electrons. The molecule has 0 aliphatic carbocycles. The molecule has 2 N–H and O–H groups in total. The first-order chi connectivity index (χ1) is 16.3. The Balaban J connectivity index is 1.64. The van der Waals surface area contributed by atoms with E-state index in [9.17, 15) is 9.18 Å². The van der Waals surface area contributed by atoms with Gasteiger partial charge in [-0.1, -0.05) is 66.2 Å². The first-order valence-corrected chi connectivity index (χ1v) is 11.8. The molecule has 6 heteroatoms. The molecule has 0 aliphatic heterocycles. The monoisotopic (exact) mass is 483 g/mol. The Morgan fingerprint density at radius 2 is 1.76 bits per heavy atom. The number of carbonyl (C=O) groups is 1. The molecule has 0 fully saturated rings. The largest absolute Gasteiger partial charge is 0.460 e. The quantitative estimate of drug-likeness (QED) is 0.330. The summed E-state index contributed by atoms with van der Waals surface area (Å²) in [6.45, 7) is 4.66. The van der Waals surface area contributed by atoms with Crippen molar-refractivity contribution < 1.29 is 18.7 Å². The minimum absolute atomic E-state index is 0.206. The van der Waals surface area contributed by atoms with E-state index >= 15 is 0 Å². The van der Waals surface area contributed by atoms with Crippen molar-refractivity contribution in [1.29, 1.82) is 0 Å². The molecule has 3 aromatic rings. The average Bonchev–Trinajstić information content (AvgIpc) is 2.84. The Bertz CT molecular complexity index is 1070. The predicted molar refractivity (Wildman–Crippen MR) is 134 cm³/mol. The molecule has 1 unspecified atom stereocenters. The molecule has 0 aliphatic rings. The number of hydrogen-bond donors (Lipinski definition) is 1. The predicted octanol–water partition coefficient (Wildman–Crippen LogP) is 6.19. The molecular formula is C28H31ClFNO3. The lowest BCUT2D eigenvalue weighted by Crippen LogP contribution is -2.41. The first-order valence-electron chi connectivity index (χ1n) is 11.4. The zero-order valence-electron chi connectivity index (χ0n) is 19.6. The maximum atomic E-state index is 14.2. The van der Waals surface area contributed by atoms with Gasteiger partial charge in [0.25, 0.3) is 0 Å². The maximum absolute atomic E-state index is 14.2. The number of benzene rings is 3. The molecule has 0 saturated heterocycles. The minimum atomic E-state index is -0.867. The van der Waals surface area contributed by atoms with E-state index in [4.69, 9.17) is 26.8 Å². The Morgan fingerprint density at radius 1 is 1.06 bits per heavy atom. The second kappa shape index (κ2) is 12.1. The van der Waals surface area contributed by atoms with E-state index in [1.165, 1.54) is 12.1 Å². The van der Waals surface area contributed by atoms with Crippen LogP contribution in [0.2, 0.25) is 5.02 Å². The molecule has 0 amide bonds. The molecular weight excluding hydrogens is 453 g/mol. The van der Waals surface area contributed by atoms with E-state index in [0.29, 0.717) is 30.0 Å². The number of rotatable bonds is 11. The third kappa shape index (κ3) is 7.13.